The largest absolute Gasteiger partial charge is 0.322 e. The Morgan fingerprint density at radius 2 is 2.15 bits per heavy atom. The number of rotatable bonds is 3. The number of aromatic amines is 1. The van der Waals surface area contributed by atoms with Crippen LogP contribution in [0.25, 0.3) is 11.3 Å². The maximum atomic E-state index is 12.1. The number of hydrogen-bond donors (Lipinski definition) is 3. The first-order chi connectivity index (χ1) is 9.74. The molecular weight excluding hydrogens is 252 g/mol. The first kappa shape index (κ1) is 12.6. The summed E-state index contributed by atoms with van der Waals surface area (Å²) in [6.07, 6.45) is 1.71. The molecule has 0 atom stereocenters. The van der Waals surface area contributed by atoms with Gasteiger partial charge < -0.3 is 10.6 Å². The van der Waals surface area contributed by atoms with Crippen LogP contribution in [-0.4, -0.2) is 29.2 Å². The van der Waals surface area contributed by atoms with Crippen molar-refractivity contribution in [2.45, 2.75) is 6.92 Å². The van der Waals surface area contributed by atoms with Crippen LogP contribution >= 0.6 is 0 Å². The topological polar surface area (TPSA) is 69.8 Å². The molecular formula is C15H16N4O. The average Bonchev–Trinajstić information content (AvgIpc) is 2.90. The van der Waals surface area contributed by atoms with E-state index in [0.29, 0.717) is 0 Å². The van der Waals surface area contributed by atoms with Crippen molar-refractivity contribution in [3.05, 3.63) is 47.7 Å². The number of anilines is 1. The van der Waals surface area contributed by atoms with Gasteiger partial charge in [0.15, 0.2) is 0 Å². The Kier molecular flexibility index (Phi) is 3.35. The highest BCUT2D eigenvalue weighted by Crippen LogP contribution is 2.21. The molecule has 5 nitrogen and oxygen atoms in total. The molecule has 0 unspecified atom stereocenters. The fraction of sp³-hybridized carbons (Fsp3) is 0.200. The van der Waals surface area contributed by atoms with E-state index in [1.54, 1.807) is 6.20 Å². The van der Waals surface area contributed by atoms with E-state index in [2.05, 4.69) is 20.8 Å². The molecule has 1 saturated heterocycles. The number of amides is 1. The molecule has 0 spiro atoms. The van der Waals surface area contributed by atoms with Crippen LogP contribution in [0.2, 0.25) is 0 Å². The van der Waals surface area contributed by atoms with Gasteiger partial charge in [-0.15, -0.1) is 0 Å². The molecule has 1 aromatic heterocycles. The molecule has 1 fully saturated rings. The molecule has 1 aliphatic rings. The lowest BCUT2D eigenvalue weighted by molar-refractivity contribution is -0.112. The molecule has 1 aromatic carbocycles. The van der Waals surface area contributed by atoms with Gasteiger partial charge in [-0.3, -0.25) is 9.89 Å². The van der Waals surface area contributed by atoms with E-state index in [0.717, 1.165) is 35.6 Å². The predicted octanol–water partition coefficient (Wildman–Crippen LogP) is 1.93. The second kappa shape index (κ2) is 5.30. The molecule has 3 rings (SSSR count). The first-order valence-electron chi connectivity index (χ1n) is 6.54. The van der Waals surface area contributed by atoms with Crippen molar-refractivity contribution in [3.8, 4) is 11.3 Å². The summed E-state index contributed by atoms with van der Waals surface area (Å²) in [5.41, 5.74) is 4.69. The Morgan fingerprint density at radius 3 is 2.80 bits per heavy atom. The van der Waals surface area contributed by atoms with Crippen LogP contribution < -0.4 is 10.6 Å². The van der Waals surface area contributed by atoms with Crippen molar-refractivity contribution >= 4 is 11.6 Å². The second-order valence-electron chi connectivity index (χ2n) is 4.84. The van der Waals surface area contributed by atoms with Crippen molar-refractivity contribution in [2.75, 3.05) is 18.4 Å². The van der Waals surface area contributed by atoms with Gasteiger partial charge in [0.25, 0.3) is 5.91 Å². The van der Waals surface area contributed by atoms with Crippen LogP contribution in [0.5, 0.6) is 0 Å². The SMILES string of the molecule is CC(C(=O)Nc1cccc(-c2ccn[nH]2)c1)=C1CNC1. The molecule has 0 radical (unpaired) electrons. The highest BCUT2D eigenvalue weighted by atomic mass is 16.1. The minimum absolute atomic E-state index is 0.0386. The van der Waals surface area contributed by atoms with Gasteiger partial charge in [-0.1, -0.05) is 12.1 Å². The van der Waals surface area contributed by atoms with E-state index < -0.39 is 0 Å². The summed E-state index contributed by atoms with van der Waals surface area (Å²) < 4.78 is 0. The molecule has 0 aliphatic carbocycles. The van der Waals surface area contributed by atoms with Crippen molar-refractivity contribution in [2.24, 2.45) is 0 Å². The van der Waals surface area contributed by atoms with E-state index in [-0.39, 0.29) is 5.91 Å². The van der Waals surface area contributed by atoms with E-state index in [1.165, 1.54) is 5.57 Å². The predicted molar refractivity (Wildman–Crippen MR) is 78.2 cm³/mol. The standard InChI is InChI=1S/C15H16N4O/c1-10(12-8-16-9-12)15(20)18-13-4-2-3-11(7-13)14-5-6-17-19-14/h2-7,16H,8-9H2,1H3,(H,17,19)(H,18,20). The minimum atomic E-state index is -0.0386. The number of benzene rings is 1. The zero-order chi connectivity index (χ0) is 13.9. The van der Waals surface area contributed by atoms with E-state index >= 15 is 0 Å². The first-order valence-corrected chi connectivity index (χ1v) is 6.54. The van der Waals surface area contributed by atoms with Crippen LogP contribution in [0.4, 0.5) is 5.69 Å². The van der Waals surface area contributed by atoms with Crippen LogP contribution in [0.1, 0.15) is 6.92 Å². The lowest BCUT2D eigenvalue weighted by atomic mass is 10.0. The smallest absolute Gasteiger partial charge is 0.251 e. The van der Waals surface area contributed by atoms with Crippen molar-refractivity contribution in [1.82, 2.24) is 15.5 Å². The normalized spacial score (nSPS) is 13.8. The maximum absolute atomic E-state index is 12.1. The lowest BCUT2D eigenvalue weighted by Crippen LogP contribution is -2.36. The molecule has 0 saturated carbocycles. The summed E-state index contributed by atoms with van der Waals surface area (Å²) in [4.78, 5) is 12.1. The van der Waals surface area contributed by atoms with E-state index in [1.807, 2.05) is 37.3 Å². The van der Waals surface area contributed by atoms with Gasteiger partial charge in [-0.2, -0.15) is 5.10 Å². The number of nitrogens with zero attached hydrogens (tertiary/aromatic N) is 1. The van der Waals surface area contributed by atoms with Crippen LogP contribution in [0.3, 0.4) is 0 Å². The minimum Gasteiger partial charge on any atom is -0.322 e. The summed E-state index contributed by atoms with van der Waals surface area (Å²) in [5, 5.41) is 12.9. The number of nitrogens with one attached hydrogen (secondary N) is 3. The fourth-order valence-corrected chi connectivity index (χ4v) is 2.08. The molecule has 3 N–H and O–H groups in total. The van der Waals surface area contributed by atoms with Crippen molar-refractivity contribution < 1.29 is 4.79 Å². The highest BCUT2D eigenvalue weighted by Gasteiger charge is 2.16. The van der Waals surface area contributed by atoms with Crippen molar-refractivity contribution in [1.29, 1.82) is 0 Å². The third-order valence-electron chi connectivity index (χ3n) is 3.48. The average molecular weight is 268 g/mol. The summed E-state index contributed by atoms with van der Waals surface area (Å²) >= 11 is 0. The number of aromatic nitrogens is 2. The number of hydrogen-bond acceptors (Lipinski definition) is 3. The van der Waals surface area contributed by atoms with Gasteiger partial charge in [-0.25, -0.2) is 0 Å². The lowest BCUT2D eigenvalue weighted by Gasteiger charge is -2.21. The third kappa shape index (κ3) is 2.48. The van der Waals surface area contributed by atoms with E-state index in [4.69, 9.17) is 0 Å². The van der Waals surface area contributed by atoms with Crippen LogP contribution in [0.15, 0.2) is 47.7 Å². The Balaban J connectivity index is 1.78. The summed E-state index contributed by atoms with van der Waals surface area (Å²) in [5.74, 6) is -0.0386. The Labute approximate surface area is 117 Å². The number of carbonyl (C=O) groups is 1. The van der Waals surface area contributed by atoms with Gasteiger partial charge in [0.1, 0.15) is 0 Å². The fourth-order valence-electron chi connectivity index (χ4n) is 2.08. The summed E-state index contributed by atoms with van der Waals surface area (Å²) in [7, 11) is 0. The van der Waals surface area contributed by atoms with Crippen molar-refractivity contribution in [3.63, 3.8) is 0 Å². The van der Waals surface area contributed by atoms with Gasteiger partial charge in [0, 0.05) is 36.1 Å². The number of carbonyl (C=O) groups excluding carboxylic acids is 1. The molecule has 5 heteroatoms. The maximum Gasteiger partial charge on any atom is 0.251 e. The van der Waals surface area contributed by atoms with Crippen LogP contribution in [-0.2, 0) is 4.79 Å². The summed E-state index contributed by atoms with van der Waals surface area (Å²) in [6, 6.07) is 9.61. The highest BCUT2D eigenvalue weighted by molar-refractivity contribution is 6.04. The molecule has 2 heterocycles. The monoisotopic (exact) mass is 268 g/mol. The van der Waals surface area contributed by atoms with Gasteiger partial charge >= 0.3 is 0 Å². The van der Waals surface area contributed by atoms with Crippen LogP contribution in [0, 0.1) is 0 Å². The molecule has 20 heavy (non-hydrogen) atoms. The molecule has 1 amide bonds. The van der Waals surface area contributed by atoms with Gasteiger partial charge in [-0.05, 0) is 30.7 Å². The van der Waals surface area contributed by atoms with E-state index in [9.17, 15) is 4.79 Å². The molecule has 1 aliphatic heterocycles. The zero-order valence-electron chi connectivity index (χ0n) is 11.2. The number of H-pyrrole nitrogens is 1. The molecule has 102 valence electrons. The van der Waals surface area contributed by atoms with Gasteiger partial charge in [0.2, 0.25) is 0 Å². The summed E-state index contributed by atoms with van der Waals surface area (Å²) in [6.45, 7) is 3.49. The van der Waals surface area contributed by atoms with Gasteiger partial charge in [0.05, 0.1) is 5.69 Å². The Morgan fingerprint density at radius 1 is 1.30 bits per heavy atom. The third-order valence-corrected chi connectivity index (χ3v) is 3.48. The molecule has 0 bridgehead atoms. The quantitative estimate of drug-likeness (QED) is 0.745. The Hall–Kier alpha value is -2.40. The zero-order valence-corrected chi connectivity index (χ0v) is 11.2. The second-order valence-corrected chi connectivity index (χ2v) is 4.84. The Bertz CT molecular complexity index is 652. The molecule has 2 aromatic rings.